The van der Waals surface area contributed by atoms with Crippen LogP contribution in [0.4, 0.5) is 0 Å². The van der Waals surface area contributed by atoms with Gasteiger partial charge in [-0.2, -0.15) is 0 Å². The number of hydrogen-bond donors (Lipinski definition) is 0. The minimum atomic E-state index is 0.476. The molecule has 0 N–H and O–H groups in total. The third-order valence-corrected chi connectivity index (χ3v) is 2.23. The van der Waals surface area contributed by atoms with E-state index in [-0.39, 0.29) is 0 Å². The van der Waals surface area contributed by atoms with Crippen LogP contribution in [0.25, 0.3) is 0 Å². The van der Waals surface area contributed by atoms with E-state index < -0.39 is 0 Å². The van der Waals surface area contributed by atoms with Crippen molar-refractivity contribution >= 4 is 11.6 Å². The van der Waals surface area contributed by atoms with Gasteiger partial charge >= 0.3 is 0 Å². The number of imidazole rings is 1. The highest BCUT2D eigenvalue weighted by Gasteiger charge is 1.96. The topological polar surface area (TPSA) is 27.1 Å². The Morgan fingerprint density at radius 1 is 1.50 bits per heavy atom. The van der Waals surface area contributed by atoms with Crippen LogP contribution in [0.2, 0.25) is 0 Å². The predicted molar refractivity (Wildman–Crippen MR) is 57.5 cm³/mol. The smallest absolute Gasteiger partial charge is 0.0950 e. The van der Waals surface area contributed by atoms with E-state index in [4.69, 9.17) is 16.3 Å². The fourth-order valence-corrected chi connectivity index (χ4v) is 1.25. The first-order valence-electron chi connectivity index (χ1n) is 5.01. The maximum absolute atomic E-state index is 5.64. The second-order valence-corrected chi connectivity index (χ2v) is 3.47. The van der Waals surface area contributed by atoms with Crippen LogP contribution in [0.5, 0.6) is 0 Å². The lowest BCUT2D eigenvalue weighted by Crippen LogP contribution is -2.04. The summed E-state index contributed by atoms with van der Waals surface area (Å²) in [6.07, 6.45) is 6.06. The van der Waals surface area contributed by atoms with Gasteiger partial charge in [0.15, 0.2) is 0 Å². The van der Waals surface area contributed by atoms with Gasteiger partial charge in [0, 0.05) is 19.3 Å². The van der Waals surface area contributed by atoms with Gasteiger partial charge in [-0.15, -0.1) is 11.6 Å². The van der Waals surface area contributed by atoms with Gasteiger partial charge in [0.2, 0.25) is 0 Å². The van der Waals surface area contributed by atoms with Crippen molar-refractivity contribution in [2.45, 2.75) is 32.2 Å². The Morgan fingerprint density at radius 3 is 3.00 bits per heavy atom. The summed E-state index contributed by atoms with van der Waals surface area (Å²) in [6.45, 7) is 4.62. The van der Waals surface area contributed by atoms with Gasteiger partial charge in [-0.3, -0.25) is 0 Å². The molecule has 0 radical (unpaired) electrons. The molecule has 0 spiro atoms. The molecule has 3 nitrogen and oxygen atoms in total. The van der Waals surface area contributed by atoms with Crippen LogP contribution in [-0.4, -0.2) is 22.8 Å². The van der Waals surface area contributed by atoms with E-state index in [1.807, 2.05) is 10.8 Å². The molecule has 80 valence electrons. The molecule has 0 aromatic carbocycles. The van der Waals surface area contributed by atoms with Crippen molar-refractivity contribution in [3.8, 4) is 0 Å². The molecule has 4 heteroatoms. The zero-order chi connectivity index (χ0) is 10.2. The van der Waals surface area contributed by atoms with Crippen molar-refractivity contribution in [2.75, 3.05) is 13.2 Å². The summed E-state index contributed by atoms with van der Waals surface area (Å²) in [5.41, 5.74) is 0.917. The summed E-state index contributed by atoms with van der Waals surface area (Å²) < 4.78 is 7.44. The minimum Gasteiger partial charge on any atom is -0.380 e. The van der Waals surface area contributed by atoms with Crippen molar-refractivity contribution in [1.82, 2.24) is 9.55 Å². The third kappa shape index (κ3) is 4.11. The number of halogens is 1. The van der Waals surface area contributed by atoms with Crippen LogP contribution in [0.1, 0.15) is 25.5 Å². The first-order chi connectivity index (χ1) is 6.86. The van der Waals surface area contributed by atoms with Crippen LogP contribution in [0.15, 0.2) is 12.5 Å². The minimum absolute atomic E-state index is 0.476. The summed E-state index contributed by atoms with van der Waals surface area (Å²) in [4.78, 5) is 4.13. The highest BCUT2D eigenvalue weighted by atomic mass is 35.5. The Labute approximate surface area is 90.0 Å². The summed E-state index contributed by atoms with van der Waals surface area (Å²) >= 11 is 5.64. The van der Waals surface area contributed by atoms with E-state index in [1.54, 1.807) is 6.33 Å². The van der Waals surface area contributed by atoms with E-state index in [9.17, 15) is 0 Å². The lowest BCUT2D eigenvalue weighted by molar-refractivity contribution is 0.123. The predicted octanol–water partition coefficient (Wildman–Crippen LogP) is 2.44. The summed E-state index contributed by atoms with van der Waals surface area (Å²) in [5.74, 6) is 0.476. The summed E-state index contributed by atoms with van der Waals surface area (Å²) in [7, 11) is 0. The van der Waals surface area contributed by atoms with Gasteiger partial charge in [-0.25, -0.2) is 4.98 Å². The average Bonchev–Trinajstić information content (AvgIpc) is 2.65. The summed E-state index contributed by atoms with van der Waals surface area (Å²) in [6, 6.07) is 0. The number of ether oxygens (including phenoxy) is 1. The molecule has 0 aliphatic carbocycles. The third-order valence-electron chi connectivity index (χ3n) is 1.96. The second-order valence-electron chi connectivity index (χ2n) is 3.20. The molecule has 0 amide bonds. The van der Waals surface area contributed by atoms with Crippen molar-refractivity contribution in [1.29, 1.82) is 0 Å². The van der Waals surface area contributed by atoms with Crippen LogP contribution < -0.4 is 0 Å². The maximum Gasteiger partial charge on any atom is 0.0950 e. The lowest BCUT2D eigenvalue weighted by Gasteiger charge is -2.03. The van der Waals surface area contributed by atoms with E-state index >= 15 is 0 Å². The number of aromatic nitrogens is 2. The molecular formula is C10H17ClN2O. The van der Waals surface area contributed by atoms with E-state index in [1.165, 1.54) is 6.42 Å². The maximum atomic E-state index is 5.64. The standard InChI is InChI=1S/C10H17ClN2O/c1-2-3-5-14-6-4-13-8-10(7-11)12-9-13/h8-9H,2-7H2,1H3. The highest BCUT2D eigenvalue weighted by molar-refractivity contribution is 6.16. The van der Waals surface area contributed by atoms with E-state index in [0.717, 1.165) is 31.9 Å². The van der Waals surface area contributed by atoms with Crippen molar-refractivity contribution in [2.24, 2.45) is 0 Å². The molecule has 0 atom stereocenters. The van der Waals surface area contributed by atoms with Crippen molar-refractivity contribution in [3.05, 3.63) is 18.2 Å². The average molecular weight is 217 g/mol. The number of unbranched alkanes of at least 4 members (excludes halogenated alkanes) is 1. The van der Waals surface area contributed by atoms with E-state index in [2.05, 4.69) is 11.9 Å². The molecule has 0 fully saturated rings. The molecule has 0 aliphatic heterocycles. The molecule has 0 saturated heterocycles. The zero-order valence-corrected chi connectivity index (χ0v) is 9.33. The van der Waals surface area contributed by atoms with Gasteiger partial charge in [0.25, 0.3) is 0 Å². The van der Waals surface area contributed by atoms with Crippen LogP contribution >= 0.6 is 11.6 Å². The largest absolute Gasteiger partial charge is 0.380 e. The fraction of sp³-hybridized carbons (Fsp3) is 0.700. The monoisotopic (exact) mass is 216 g/mol. The Hall–Kier alpha value is -0.540. The van der Waals surface area contributed by atoms with Crippen molar-refractivity contribution < 1.29 is 4.74 Å². The van der Waals surface area contributed by atoms with Crippen LogP contribution in [0.3, 0.4) is 0 Å². The number of hydrogen-bond acceptors (Lipinski definition) is 2. The van der Waals surface area contributed by atoms with Gasteiger partial charge in [-0.1, -0.05) is 13.3 Å². The molecule has 1 aromatic heterocycles. The van der Waals surface area contributed by atoms with Gasteiger partial charge < -0.3 is 9.30 Å². The zero-order valence-electron chi connectivity index (χ0n) is 8.58. The van der Waals surface area contributed by atoms with Crippen molar-refractivity contribution in [3.63, 3.8) is 0 Å². The van der Waals surface area contributed by atoms with Gasteiger partial charge in [-0.05, 0) is 6.42 Å². The Bertz CT molecular complexity index is 250. The van der Waals surface area contributed by atoms with Gasteiger partial charge in [0.1, 0.15) is 0 Å². The van der Waals surface area contributed by atoms with Crippen LogP contribution in [-0.2, 0) is 17.2 Å². The first-order valence-corrected chi connectivity index (χ1v) is 5.54. The highest BCUT2D eigenvalue weighted by Crippen LogP contribution is 1.99. The molecule has 0 unspecified atom stereocenters. The molecule has 1 rings (SSSR count). The Kier molecular flexibility index (Phi) is 5.64. The fourth-order valence-electron chi connectivity index (χ4n) is 1.12. The quantitative estimate of drug-likeness (QED) is 0.517. The number of rotatable bonds is 7. The number of nitrogens with zero attached hydrogens (tertiary/aromatic N) is 2. The Morgan fingerprint density at radius 2 is 2.36 bits per heavy atom. The molecule has 0 aliphatic rings. The molecule has 14 heavy (non-hydrogen) atoms. The second kappa shape index (κ2) is 6.85. The molecule has 0 bridgehead atoms. The van der Waals surface area contributed by atoms with E-state index in [0.29, 0.717) is 5.88 Å². The Balaban J connectivity index is 2.12. The SMILES string of the molecule is CCCCOCCn1cnc(CCl)c1. The molecule has 0 saturated carbocycles. The molecule has 1 aromatic rings. The van der Waals surface area contributed by atoms with Crippen LogP contribution in [0, 0.1) is 0 Å². The van der Waals surface area contributed by atoms with Gasteiger partial charge in [0.05, 0.1) is 24.5 Å². The molecule has 1 heterocycles. The first kappa shape index (κ1) is 11.5. The normalized spacial score (nSPS) is 10.7. The lowest BCUT2D eigenvalue weighted by atomic mass is 10.4. The molecular weight excluding hydrogens is 200 g/mol. The summed E-state index contributed by atoms with van der Waals surface area (Å²) in [5, 5.41) is 0. The number of alkyl halides is 1.